The van der Waals surface area contributed by atoms with E-state index in [1.54, 1.807) is 12.3 Å². The fourth-order valence-electron chi connectivity index (χ4n) is 3.66. The van der Waals surface area contributed by atoms with Gasteiger partial charge in [-0.05, 0) is 50.8 Å². The van der Waals surface area contributed by atoms with Crippen LogP contribution in [0.3, 0.4) is 0 Å². The minimum atomic E-state index is -0.822. The zero-order chi connectivity index (χ0) is 20.3. The van der Waals surface area contributed by atoms with Crippen molar-refractivity contribution in [2.75, 3.05) is 13.1 Å². The molecule has 1 aromatic carbocycles. The van der Waals surface area contributed by atoms with Crippen molar-refractivity contribution in [1.82, 2.24) is 20.0 Å². The lowest BCUT2D eigenvalue weighted by Crippen LogP contribution is -2.44. The van der Waals surface area contributed by atoms with E-state index in [2.05, 4.69) is 29.2 Å². The van der Waals surface area contributed by atoms with Gasteiger partial charge in [0.25, 0.3) is 5.91 Å². The Labute approximate surface area is 164 Å². The fourth-order valence-corrected chi connectivity index (χ4v) is 3.66. The molecule has 5 nitrogen and oxygen atoms in total. The smallest absolute Gasteiger partial charge is 0.254 e. The molecule has 1 atom stereocenters. The number of piperidine rings is 1. The average molecular weight is 390 g/mol. The molecule has 0 saturated carbocycles. The average Bonchev–Trinajstić information content (AvgIpc) is 3.07. The van der Waals surface area contributed by atoms with Crippen LogP contribution in [0.15, 0.2) is 24.4 Å². The SMILES string of the molecule is CC[C@@H](C)n1ncc(C(=O)NC2CCN(Cc3ccc(F)c(F)c3)CC2)c1C. The molecule has 152 valence electrons. The first-order chi connectivity index (χ1) is 13.4. The van der Waals surface area contributed by atoms with E-state index in [-0.39, 0.29) is 18.0 Å². The number of aromatic nitrogens is 2. The highest BCUT2D eigenvalue weighted by Crippen LogP contribution is 2.18. The first kappa shape index (κ1) is 20.5. The van der Waals surface area contributed by atoms with E-state index in [0.717, 1.165) is 43.6 Å². The van der Waals surface area contributed by atoms with Gasteiger partial charge in [-0.1, -0.05) is 13.0 Å². The maximum Gasteiger partial charge on any atom is 0.254 e. The number of carbonyl (C=O) groups is 1. The Morgan fingerprint density at radius 1 is 1.29 bits per heavy atom. The molecule has 0 unspecified atom stereocenters. The van der Waals surface area contributed by atoms with Gasteiger partial charge in [-0.3, -0.25) is 14.4 Å². The maximum absolute atomic E-state index is 13.4. The van der Waals surface area contributed by atoms with Crippen molar-refractivity contribution in [3.05, 3.63) is 52.9 Å². The molecule has 1 aliphatic heterocycles. The predicted molar refractivity (Wildman–Crippen MR) is 104 cm³/mol. The van der Waals surface area contributed by atoms with Crippen LogP contribution < -0.4 is 5.32 Å². The Morgan fingerprint density at radius 3 is 2.64 bits per heavy atom. The van der Waals surface area contributed by atoms with Crippen LogP contribution in [0.1, 0.15) is 60.8 Å². The van der Waals surface area contributed by atoms with Crippen LogP contribution in [-0.2, 0) is 6.54 Å². The monoisotopic (exact) mass is 390 g/mol. The molecule has 0 spiro atoms. The molecule has 7 heteroatoms. The third-order valence-electron chi connectivity index (χ3n) is 5.61. The quantitative estimate of drug-likeness (QED) is 0.815. The summed E-state index contributed by atoms with van der Waals surface area (Å²) in [5.41, 5.74) is 2.28. The molecular formula is C21H28F2N4O. The molecule has 1 aromatic heterocycles. The van der Waals surface area contributed by atoms with Gasteiger partial charge in [-0.2, -0.15) is 5.10 Å². The zero-order valence-corrected chi connectivity index (χ0v) is 16.7. The van der Waals surface area contributed by atoms with Gasteiger partial charge < -0.3 is 5.32 Å². The lowest BCUT2D eigenvalue weighted by atomic mass is 10.0. The lowest BCUT2D eigenvalue weighted by Gasteiger charge is -2.32. The third kappa shape index (κ3) is 4.58. The van der Waals surface area contributed by atoms with Crippen LogP contribution >= 0.6 is 0 Å². The van der Waals surface area contributed by atoms with E-state index >= 15 is 0 Å². The van der Waals surface area contributed by atoms with Crippen molar-refractivity contribution in [2.45, 2.75) is 58.7 Å². The van der Waals surface area contributed by atoms with E-state index < -0.39 is 11.6 Å². The number of nitrogens with zero attached hydrogens (tertiary/aromatic N) is 3. The van der Waals surface area contributed by atoms with Gasteiger partial charge in [0.1, 0.15) is 0 Å². The topological polar surface area (TPSA) is 50.2 Å². The number of benzene rings is 1. The number of rotatable bonds is 6. The molecule has 3 rings (SSSR count). The van der Waals surface area contributed by atoms with Crippen molar-refractivity contribution in [1.29, 1.82) is 0 Å². The molecular weight excluding hydrogens is 362 g/mol. The molecule has 1 N–H and O–H groups in total. The largest absolute Gasteiger partial charge is 0.349 e. The van der Waals surface area contributed by atoms with E-state index in [1.165, 1.54) is 12.1 Å². The van der Waals surface area contributed by atoms with E-state index in [1.807, 2.05) is 11.6 Å². The second-order valence-electron chi connectivity index (χ2n) is 7.62. The van der Waals surface area contributed by atoms with Gasteiger partial charge in [0.05, 0.1) is 11.8 Å². The first-order valence-electron chi connectivity index (χ1n) is 9.90. The number of likely N-dealkylation sites (tertiary alicyclic amines) is 1. The summed E-state index contributed by atoms with van der Waals surface area (Å²) in [6.07, 6.45) is 4.26. The number of halogens is 2. The Kier molecular flexibility index (Phi) is 6.44. The molecule has 2 heterocycles. The van der Waals surface area contributed by atoms with Gasteiger partial charge in [0.2, 0.25) is 0 Å². The Morgan fingerprint density at radius 2 is 2.00 bits per heavy atom. The normalized spacial score (nSPS) is 16.9. The Hall–Kier alpha value is -2.28. The number of nitrogens with one attached hydrogen (secondary N) is 1. The van der Waals surface area contributed by atoms with E-state index in [9.17, 15) is 13.6 Å². The highest BCUT2D eigenvalue weighted by Gasteiger charge is 2.23. The van der Waals surface area contributed by atoms with Crippen LogP contribution in [0.25, 0.3) is 0 Å². The predicted octanol–water partition coefficient (Wildman–Crippen LogP) is 3.84. The van der Waals surface area contributed by atoms with Crippen molar-refractivity contribution in [3.63, 3.8) is 0 Å². The number of hydrogen-bond donors (Lipinski definition) is 1. The van der Waals surface area contributed by atoms with Gasteiger partial charge >= 0.3 is 0 Å². The zero-order valence-electron chi connectivity index (χ0n) is 16.7. The van der Waals surface area contributed by atoms with E-state index in [4.69, 9.17) is 0 Å². The maximum atomic E-state index is 13.4. The van der Waals surface area contributed by atoms with Crippen molar-refractivity contribution in [2.24, 2.45) is 0 Å². The lowest BCUT2D eigenvalue weighted by molar-refractivity contribution is 0.0908. The van der Waals surface area contributed by atoms with Gasteiger partial charge in [0.15, 0.2) is 11.6 Å². The molecule has 1 fully saturated rings. The number of amides is 1. The third-order valence-corrected chi connectivity index (χ3v) is 5.61. The molecule has 0 aliphatic carbocycles. The summed E-state index contributed by atoms with van der Waals surface area (Å²) in [4.78, 5) is 14.8. The molecule has 1 saturated heterocycles. The summed E-state index contributed by atoms with van der Waals surface area (Å²) in [7, 11) is 0. The number of carbonyl (C=O) groups excluding carboxylic acids is 1. The highest BCUT2D eigenvalue weighted by atomic mass is 19.2. The van der Waals surface area contributed by atoms with Crippen LogP contribution in [0.4, 0.5) is 8.78 Å². The number of hydrogen-bond acceptors (Lipinski definition) is 3. The summed E-state index contributed by atoms with van der Waals surface area (Å²) >= 11 is 0. The standard InChI is InChI=1S/C21H28F2N4O/c1-4-14(2)27-15(3)18(12-24-27)21(28)25-17-7-9-26(10-8-17)13-16-5-6-19(22)20(23)11-16/h5-6,11-12,14,17H,4,7-10,13H2,1-3H3,(H,25,28)/t14-/m1/s1. The molecule has 0 bridgehead atoms. The first-order valence-corrected chi connectivity index (χ1v) is 9.90. The van der Waals surface area contributed by atoms with Gasteiger partial charge in [-0.25, -0.2) is 8.78 Å². The summed E-state index contributed by atoms with van der Waals surface area (Å²) in [6.45, 7) is 8.30. The molecule has 2 aromatic rings. The summed E-state index contributed by atoms with van der Waals surface area (Å²) in [5.74, 6) is -1.71. The van der Waals surface area contributed by atoms with Gasteiger partial charge in [0, 0.05) is 37.4 Å². The Bertz CT molecular complexity index is 828. The fraction of sp³-hybridized carbons (Fsp3) is 0.524. The summed E-state index contributed by atoms with van der Waals surface area (Å²) in [5, 5.41) is 7.48. The second kappa shape index (κ2) is 8.82. The minimum absolute atomic E-state index is 0.0777. The van der Waals surface area contributed by atoms with Crippen LogP contribution in [0.2, 0.25) is 0 Å². The van der Waals surface area contributed by atoms with Crippen LogP contribution in [0, 0.1) is 18.6 Å². The summed E-state index contributed by atoms with van der Waals surface area (Å²) in [6, 6.07) is 4.41. The molecule has 1 aliphatic rings. The van der Waals surface area contributed by atoms with Crippen molar-refractivity contribution in [3.8, 4) is 0 Å². The Balaban J connectivity index is 1.52. The second-order valence-corrected chi connectivity index (χ2v) is 7.62. The minimum Gasteiger partial charge on any atom is -0.349 e. The van der Waals surface area contributed by atoms with Crippen LogP contribution in [-0.4, -0.2) is 39.7 Å². The molecule has 28 heavy (non-hydrogen) atoms. The highest BCUT2D eigenvalue weighted by molar-refractivity contribution is 5.95. The molecule has 0 radical (unpaired) electrons. The van der Waals surface area contributed by atoms with Gasteiger partial charge in [-0.15, -0.1) is 0 Å². The van der Waals surface area contributed by atoms with Crippen molar-refractivity contribution < 1.29 is 13.6 Å². The van der Waals surface area contributed by atoms with E-state index in [0.29, 0.717) is 12.1 Å². The van der Waals surface area contributed by atoms with Crippen molar-refractivity contribution >= 4 is 5.91 Å². The van der Waals surface area contributed by atoms with Crippen LogP contribution in [0.5, 0.6) is 0 Å². The summed E-state index contributed by atoms with van der Waals surface area (Å²) < 4.78 is 28.3. The molecule has 1 amide bonds.